The van der Waals surface area contributed by atoms with Crippen LogP contribution in [0, 0.1) is 23.0 Å². The normalized spacial score (nSPS) is 19.4. The Morgan fingerprint density at radius 2 is 1.69 bits per heavy atom. The number of carbonyl (C=O) groups is 3. The first-order chi connectivity index (χ1) is 20.1. The van der Waals surface area contributed by atoms with Crippen molar-refractivity contribution in [1.82, 2.24) is 4.57 Å². The van der Waals surface area contributed by atoms with E-state index in [1.165, 1.54) is 34.9 Å². The molecule has 1 fully saturated rings. The van der Waals surface area contributed by atoms with E-state index in [9.17, 15) is 34.4 Å². The summed E-state index contributed by atoms with van der Waals surface area (Å²) in [6.45, 7) is 1.61. The summed E-state index contributed by atoms with van der Waals surface area (Å²) in [5.74, 6) is -3.45. The van der Waals surface area contributed by atoms with E-state index < -0.39 is 44.6 Å². The van der Waals surface area contributed by atoms with Gasteiger partial charge in [0.2, 0.25) is 17.7 Å². The number of anilines is 2. The number of thioether (sulfide) groups is 1. The first kappa shape index (κ1) is 27.4. The second kappa shape index (κ2) is 10.6. The lowest BCUT2D eigenvalue weighted by atomic mass is 9.82. The lowest BCUT2D eigenvalue weighted by Crippen LogP contribution is -2.33. The van der Waals surface area contributed by atoms with E-state index in [1.807, 2.05) is 19.1 Å². The Bertz CT molecular complexity index is 1810. The average Bonchev–Trinajstić information content (AvgIpc) is 3.41. The zero-order valence-corrected chi connectivity index (χ0v) is 23.6. The van der Waals surface area contributed by atoms with Crippen LogP contribution in [0.25, 0.3) is 0 Å². The average molecular weight is 603 g/mol. The molecule has 3 unspecified atom stereocenters. The van der Waals surface area contributed by atoms with E-state index in [-0.39, 0.29) is 23.7 Å². The number of nitro groups is 1. The number of aromatic nitrogens is 1. The molecule has 0 bridgehead atoms. The van der Waals surface area contributed by atoms with Gasteiger partial charge in [0.25, 0.3) is 5.69 Å². The summed E-state index contributed by atoms with van der Waals surface area (Å²) in [6, 6.07) is 18.7. The highest BCUT2D eigenvalue weighted by Crippen LogP contribution is 2.55. The van der Waals surface area contributed by atoms with Crippen LogP contribution in [0.2, 0.25) is 0 Å². The van der Waals surface area contributed by atoms with E-state index in [1.54, 1.807) is 30.3 Å². The van der Waals surface area contributed by atoms with Gasteiger partial charge in [-0.2, -0.15) is 0 Å². The number of hydrogen-bond acceptors (Lipinski definition) is 9. The van der Waals surface area contributed by atoms with Gasteiger partial charge in [-0.3, -0.25) is 33.9 Å². The molecule has 6 rings (SSSR count). The highest BCUT2D eigenvalue weighted by molar-refractivity contribution is 8.00. The fraction of sp³-hybridized carbons (Fsp3) is 0.172. The van der Waals surface area contributed by atoms with Gasteiger partial charge in [0, 0.05) is 34.2 Å². The van der Waals surface area contributed by atoms with Crippen LogP contribution in [-0.4, -0.2) is 37.6 Å². The minimum absolute atomic E-state index is 0.0994. The Labute approximate surface area is 246 Å². The van der Waals surface area contributed by atoms with E-state index in [0.717, 1.165) is 33.6 Å². The second-order valence-electron chi connectivity index (χ2n) is 9.92. The third-order valence-corrected chi connectivity index (χ3v) is 9.88. The molecule has 13 heteroatoms. The maximum absolute atomic E-state index is 13.9. The summed E-state index contributed by atoms with van der Waals surface area (Å²) in [7, 11) is 0. The third kappa shape index (κ3) is 4.65. The predicted molar refractivity (Wildman–Crippen MR) is 157 cm³/mol. The number of aromatic hydroxyl groups is 1. The molecule has 3 amide bonds. The van der Waals surface area contributed by atoms with Crippen molar-refractivity contribution in [3.63, 3.8) is 0 Å². The number of fused-ring (bicyclic) bond motifs is 2. The molecule has 212 valence electrons. The van der Waals surface area contributed by atoms with Crippen molar-refractivity contribution in [2.24, 2.45) is 5.92 Å². The van der Waals surface area contributed by atoms with Crippen LogP contribution < -0.4 is 15.1 Å². The van der Waals surface area contributed by atoms with Crippen LogP contribution in [0.15, 0.2) is 82.6 Å². The number of phenols is 1. The zero-order chi connectivity index (χ0) is 29.7. The summed E-state index contributed by atoms with van der Waals surface area (Å²) in [5, 5.41) is 24.1. The van der Waals surface area contributed by atoms with Crippen molar-refractivity contribution in [2.75, 3.05) is 10.2 Å². The Hall–Kier alpha value is -4.75. The predicted octanol–water partition coefficient (Wildman–Crippen LogP) is 4.27. The van der Waals surface area contributed by atoms with Crippen LogP contribution in [0.1, 0.15) is 21.9 Å². The number of non-ortho nitro benzene ring substituents is 1. The van der Waals surface area contributed by atoms with Gasteiger partial charge in [0.1, 0.15) is 17.5 Å². The van der Waals surface area contributed by atoms with E-state index >= 15 is 0 Å². The van der Waals surface area contributed by atoms with Crippen LogP contribution in [0.4, 0.5) is 17.1 Å². The van der Waals surface area contributed by atoms with Gasteiger partial charge in [-0.05, 0) is 37.3 Å². The van der Waals surface area contributed by atoms with Gasteiger partial charge in [-0.15, -0.1) is 0 Å². The Kier molecular flexibility index (Phi) is 6.91. The molecule has 0 aliphatic carbocycles. The number of hydrogen-bond donors (Lipinski definition) is 2. The van der Waals surface area contributed by atoms with E-state index in [4.69, 9.17) is 0 Å². The van der Waals surface area contributed by atoms with E-state index in [0.29, 0.717) is 21.2 Å². The lowest BCUT2D eigenvalue weighted by Gasteiger charge is -2.31. The highest BCUT2D eigenvalue weighted by atomic mass is 32.2. The molecule has 1 saturated heterocycles. The molecule has 0 spiro atoms. The van der Waals surface area contributed by atoms with Gasteiger partial charge in [-0.25, -0.2) is 4.90 Å². The smallest absolute Gasteiger partial charge is 0.308 e. The number of nitrogens with zero attached hydrogens (tertiary/aromatic N) is 3. The number of nitro benzene ring substituents is 1. The molecule has 3 atom stereocenters. The molecule has 2 aliphatic rings. The minimum atomic E-state index is -0.967. The monoisotopic (exact) mass is 602 g/mol. The topological polar surface area (TPSA) is 152 Å². The number of thiazole rings is 1. The standard InChI is InChI=1S/C29H22N4O7S2/c1-15-6-8-16(9-7-15)30-21(35)14-31-28-25(42-29(31)38)22(19-4-2-3-5-20(19)34)23-24(41-28)27(37)32(26(23)36)17-10-12-18(13-11-17)33(39)40/h2-13,22-24,34H,14H2,1H3,(H,30,35). The number of benzene rings is 3. The molecule has 0 radical (unpaired) electrons. The van der Waals surface area contributed by atoms with Crippen molar-refractivity contribution >= 4 is 57.9 Å². The molecule has 11 nitrogen and oxygen atoms in total. The SMILES string of the molecule is Cc1ccc(NC(=O)Cn2c3c(sc2=O)C(c2ccccc2O)C2C(=O)N(c4ccc([N+](=O)[O-])cc4)C(=O)C2S3)cc1. The van der Waals surface area contributed by atoms with E-state index in [2.05, 4.69) is 5.32 Å². The number of phenolic OH excluding ortho intramolecular Hbond substituents is 1. The van der Waals surface area contributed by atoms with Gasteiger partial charge in [0.15, 0.2) is 0 Å². The zero-order valence-electron chi connectivity index (χ0n) is 21.9. The minimum Gasteiger partial charge on any atom is -0.508 e. The summed E-state index contributed by atoms with van der Waals surface area (Å²) in [4.78, 5) is 65.5. The first-order valence-corrected chi connectivity index (χ1v) is 14.5. The maximum atomic E-state index is 13.9. The van der Waals surface area contributed by atoms with Gasteiger partial charge < -0.3 is 10.4 Å². The van der Waals surface area contributed by atoms with Crippen molar-refractivity contribution < 1.29 is 24.4 Å². The molecule has 0 saturated carbocycles. The third-order valence-electron chi connectivity index (χ3n) is 7.28. The quantitative estimate of drug-likeness (QED) is 0.189. The molecule has 3 aromatic carbocycles. The van der Waals surface area contributed by atoms with Crippen LogP contribution in [0.3, 0.4) is 0 Å². The summed E-state index contributed by atoms with van der Waals surface area (Å²) < 4.78 is 1.30. The Morgan fingerprint density at radius 1 is 1.00 bits per heavy atom. The maximum Gasteiger partial charge on any atom is 0.308 e. The van der Waals surface area contributed by atoms with Gasteiger partial charge in [0.05, 0.1) is 21.6 Å². The highest BCUT2D eigenvalue weighted by Gasteiger charge is 2.57. The molecule has 2 aliphatic heterocycles. The Morgan fingerprint density at radius 3 is 2.36 bits per heavy atom. The van der Waals surface area contributed by atoms with Crippen LogP contribution in [0.5, 0.6) is 5.75 Å². The number of carbonyl (C=O) groups excluding carboxylic acids is 3. The number of para-hydroxylation sites is 1. The van der Waals surface area contributed by atoms with Crippen molar-refractivity contribution in [3.05, 3.63) is 109 Å². The van der Waals surface area contributed by atoms with Gasteiger partial charge >= 0.3 is 4.87 Å². The van der Waals surface area contributed by atoms with Gasteiger partial charge in [-0.1, -0.05) is 59.0 Å². The van der Waals surface area contributed by atoms with Crippen LogP contribution >= 0.6 is 23.1 Å². The first-order valence-electron chi connectivity index (χ1n) is 12.8. The summed E-state index contributed by atoms with van der Waals surface area (Å²) in [5.41, 5.74) is 1.96. The molecular weight excluding hydrogens is 580 g/mol. The number of nitrogens with one attached hydrogen (secondary N) is 1. The Balaban J connectivity index is 1.40. The molecular formula is C29H22N4O7S2. The largest absolute Gasteiger partial charge is 0.508 e. The molecule has 1 aromatic heterocycles. The molecule has 4 aromatic rings. The van der Waals surface area contributed by atoms with Crippen LogP contribution in [-0.2, 0) is 20.9 Å². The number of imide groups is 1. The molecule has 42 heavy (non-hydrogen) atoms. The molecule has 3 heterocycles. The fourth-order valence-corrected chi connectivity index (χ4v) is 8.06. The van der Waals surface area contributed by atoms with Crippen molar-refractivity contribution in [2.45, 2.75) is 29.7 Å². The van der Waals surface area contributed by atoms with Crippen molar-refractivity contribution in [3.8, 4) is 5.75 Å². The summed E-state index contributed by atoms with van der Waals surface area (Å²) in [6.07, 6.45) is 0. The number of aryl methyl sites for hydroxylation is 1. The summed E-state index contributed by atoms with van der Waals surface area (Å²) >= 11 is 1.91. The number of amides is 3. The lowest BCUT2D eigenvalue weighted by molar-refractivity contribution is -0.384. The fourth-order valence-electron chi connectivity index (χ4n) is 5.30. The second-order valence-corrected chi connectivity index (χ2v) is 12.0. The van der Waals surface area contributed by atoms with Crippen molar-refractivity contribution in [1.29, 1.82) is 0 Å². The molecule has 2 N–H and O–H groups in total. The number of rotatable bonds is 6.